The van der Waals surface area contributed by atoms with Crippen LogP contribution in [-0.4, -0.2) is 42.7 Å². The first-order valence-electron chi connectivity index (χ1n) is 9.66. The Hall–Kier alpha value is -3.15. The van der Waals surface area contributed by atoms with E-state index in [1.54, 1.807) is 25.1 Å². The average molecular weight is 396 g/mol. The molecule has 0 aliphatic heterocycles. The van der Waals surface area contributed by atoms with Gasteiger partial charge in [0, 0.05) is 24.9 Å². The van der Waals surface area contributed by atoms with Crippen LogP contribution in [0.1, 0.15) is 41.3 Å². The number of aryl methyl sites for hydroxylation is 2. The summed E-state index contributed by atoms with van der Waals surface area (Å²) >= 11 is 0. The predicted octanol–water partition coefficient (Wildman–Crippen LogP) is 3.76. The molecule has 6 nitrogen and oxygen atoms in total. The number of Topliss-reactive ketones (excluding diaryl/α,β-unsaturated/α-hetero) is 1. The van der Waals surface area contributed by atoms with Crippen molar-refractivity contribution in [3.63, 3.8) is 0 Å². The molecule has 2 amide bonds. The molecule has 0 aromatic heterocycles. The summed E-state index contributed by atoms with van der Waals surface area (Å²) in [7, 11) is 1.53. The minimum absolute atomic E-state index is 0.0610. The number of carbonyl (C=O) groups is 3. The summed E-state index contributed by atoms with van der Waals surface area (Å²) in [6.07, 6.45) is 0.190. The van der Waals surface area contributed by atoms with Crippen LogP contribution in [-0.2, 0) is 9.59 Å². The van der Waals surface area contributed by atoms with E-state index >= 15 is 0 Å². The number of methoxy groups -OCH3 is 1. The molecule has 0 spiro atoms. The lowest BCUT2D eigenvalue weighted by atomic mass is 9.99. The third-order valence-electron chi connectivity index (χ3n) is 4.71. The maximum absolute atomic E-state index is 12.5. The maximum Gasteiger partial charge on any atom is 0.244 e. The molecule has 1 N–H and O–H groups in total. The molecule has 0 atom stereocenters. The normalized spacial score (nSPS) is 10.3. The molecule has 29 heavy (non-hydrogen) atoms. The van der Waals surface area contributed by atoms with Gasteiger partial charge in [-0.25, -0.2) is 0 Å². The van der Waals surface area contributed by atoms with Gasteiger partial charge in [-0.3, -0.25) is 14.4 Å². The number of para-hydroxylation sites is 2. The lowest BCUT2D eigenvalue weighted by molar-refractivity contribution is -0.134. The zero-order valence-electron chi connectivity index (χ0n) is 17.5. The molecule has 0 aliphatic carbocycles. The van der Waals surface area contributed by atoms with Crippen LogP contribution >= 0.6 is 0 Å². The number of benzene rings is 2. The number of ether oxygens (including phenoxy) is 1. The van der Waals surface area contributed by atoms with Gasteiger partial charge in [0.1, 0.15) is 5.75 Å². The molecule has 0 unspecified atom stereocenters. The second kappa shape index (κ2) is 10.4. The Morgan fingerprint density at radius 1 is 1.03 bits per heavy atom. The van der Waals surface area contributed by atoms with Gasteiger partial charge < -0.3 is 15.0 Å². The van der Waals surface area contributed by atoms with E-state index in [0.29, 0.717) is 23.5 Å². The first-order chi connectivity index (χ1) is 13.8. The summed E-state index contributed by atoms with van der Waals surface area (Å²) in [6.45, 7) is 5.93. The zero-order valence-corrected chi connectivity index (χ0v) is 17.5. The topological polar surface area (TPSA) is 75.7 Å². The Balaban J connectivity index is 1.93. The Bertz CT molecular complexity index is 892. The van der Waals surface area contributed by atoms with E-state index in [4.69, 9.17) is 4.74 Å². The molecular formula is C23H28N2O4. The van der Waals surface area contributed by atoms with Crippen LogP contribution in [0.15, 0.2) is 42.5 Å². The van der Waals surface area contributed by atoms with E-state index in [1.165, 1.54) is 12.0 Å². The lowest BCUT2D eigenvalue weighted by Crippen LogP contribution is -2.38. The quantitative estimate of drug-likeness (QED) is 0.655. The predicted molar refractivity (Wildman–Crippen MR) is 113 cm³/mol. The van der Waals surface area contributed by atoms with E-state index in [-0.39, 0.29) is 37.0 Å². The van der Waals surface area contributed by atoms with Crippen molar-refractivity contribution in [1.29, 1.82) is 0 Å². The van der Waals surface area contributed by atoms with Crippen LogP contribution < -0.4 is 10.1 Å². The Morgan fingerprint density at radius 2 is 1.76 bits per heavy atom. The van der Waals surface area contributed by atoms with E-state index in [0.717, 1.165) is 11.1 Å². The number of likely N-dealkylation sites (N-methyl/N-ethyl adjacent to an activating group) is 1. The molecule has 0 aliphatic rings. The first kappa shape index (κ1) is 22.1. The van der Waals surface area contributed by atoms with Crippen LogP contribution in [0.2, 0.25) is 0 Å². The maximum atomic E-state index is 12.5. The molecule has 154 valence electrons. The highest BCUT2D eigenvalue weighted by Crippen LogP contribution is 2.23. The second-order valence-electron chi connectivity index (χ2n) is 6.90. The molecule has 0 saturated carbocycles. The molecule has 2 aromatic carbocycles. The largest absolute Gasteiger partial charge is 0.495 e. The van der Waals surface area contributed by atoms with Gasteiger partial charge in [0.15, 0.2) is 5.78 Å². The number of ketones is 1. The van der Waals surface area contributed by atoms with E-state index in [1.807, 2.05) is 38.1 Å². The van der Waals surface area contributed by atoms with Crippen molar-refractivity contribution in [3.05, 3.63) is 59.2 Å². The van der Waals surface area contributed by atoms with Crippen molar-refractivity contribution in [2.24, 2.45) is 0 Å². The van der Waals surface area contributed by atoms with Crippen molar-refractivity contribution < 1.29 is 19.1 Å². The van der Waals surface area contributed by atoms with Crippen molar-refractivity contribution in [2.75, 3.05) is 25.5 Å². The lowest BCUT2D eigenvalue weighted by Gasteiger charge is -2.20. The minimum atomic E-state index is -0.314. The van der Waals surface area contributed by atoms with Gasteiger partial charge in [0.2, 0.25) is 11.8 Å². The van der Waals surface area contributed by atoms with Crippen molar-refractivity contribution in [1.82, 2.24) is 4.90 Å². The highest BCUT2D eigenvalue weighted by Gasteiger charge is 2.18. The highest BCUT2D eigenvalue weighted by molar-refractivity contribution is 6.00. The number of nitrogens with zero attached hydrogens (tertiary/aromatic N) is 1. The number of carbonyl (C=O) groups excluding carboxylic acids is 3. The smallest absolute Gasteiger partial charge is 0.244 e. The van der Waals surface area contributed by atoms with E-state index in [2.05, 4.69) is 5.32 Å². The van der Waals surface area contributed by atoms with E-state index < -0.39 is 0 Å². The number of hydrogen-bond acceptors (Lipinski definition) is 4. The standard InChI is InChI=1S/C23H28N2O4/c1-5-25(15-22(27)24-19-8-6-7-9-21(19)29-4)23(28)13-12-20(26)18-14-16(2)10-11-17(18)3/h6-11,14H,5,12-13,15H2,1-4H3,(H,24,27). The zero-order chi connectivity index (χ0) is 21.4. The van der Waals surface area contributed by atoms with Crippen LogP contribution in [0.4, 0.5) is 5.69 Å². The summed E-state index contributed by atoms with van der Waals surface area (Å²) < 4.78 is 5.22. The first-order valence-corrected chi connectivity index (χ1v) is 9.66. The number of amides is 2. The Labute approximate surface area is 171 Å². The Kier molecular flexibility index (Phi) is 7.95. The fourth-order valence-electron chi connectivity index (χ4n) is 3.04. The molecule has 6 heteroatoms. The van der Waals surface area contributed by atoms with E-state index in [9.17, 15) is 14.4 Å². The molecule has 2 rings (SSSR count). The number of nitrogens with one attached hydrogen (secondary N) is 1. The van der Waals surface area contributed by atoms with Gasteiger partial charge in [0.05, 0.1) is 19.3 Å². The van der Waals surface area contributed by atoms with Crippen molar-refractivity contribution in [3.8, 4) is 5.75 Å². The highest BCUT2D eigenvalue weighted by atomic mass is 16.5. The summed E-state index contributed by atoms with van der Waals surface area (Å²) in [5.41, 5.74) is 3.11. The summed E-state index contributed by atoms with van der Waals surface area (Å²) in [6, 6.07) is 12.8. The van der Waals surface area contributed by atoms with Crippen LogP contribution in [0.5, 0.6) is 5.75 Å². The van der Waals surface area contributed by atoms with Gasteiger partial charge in [0.25, 0.3) is 0 Å². The SMILES string of the molecule is CCN(CC(=O)Nc1ccccc1OC)C(=O)CCC(=O)c1cc(C)ccc1C. The van der Waals surface area contributed by atoms with Crippen LogP contribution in [0, 0.1) is 13.8 Å². The number of hydrogen-bond donors (Lipinski definition) is 1. The second-order valence-corrected chi connectivity index (χ2v) is 6.90. The molecule has 2 aromatic rings. The third-order valence-corrected chi connectivity index (χ3v) is 4.71. The summed E-state index contributed by atoms with van der Waals surface area (Å²) in [4.78, 5) is 38.9. The minimum Gasteiger partial charge on any atom is -0.495 e. The van der Waals surface area contributed by atoms with Gasteiger partial charge >= 0.3 is 0 Å². The molecule has 0 heterocycles. The molecule has 0 radical (unpaired) electrons. The van der Waals surface area contributed by atoms with Gasteiger partial charge in [-0.05, 0) is 44.5 Å². The molecule has 0 fully saturated rings. The van der Waals surface area contributed by atoms with Crippen molar-refractivity contribution >= 4 is 23.3 Å². The average Bonchev–Trinajstić information content (AvgIpc) is 2.72. The number of anilines is 1. The fraction of sp³-hybridized carbons (Fsp3) is 0.348. The van der Waals surface area contributed by atoms with Crippen LogP contribution in [0.25, 0.3) is 0 Å². The van der Waals surface area contributed by atoms with Crippen LogP contribution in [0.3, 0.4) is 0 Å². The monoisotopic (exact) mass is 396 g/mol. The fourth-order valence-corrected chi connectivity index (χ4v) is 3.04. The Morgan fingerprint density at radius 3 is 2.45 bits per heavy atom. The van der Waals surface area contributed by atoms with Gasteiger partial charge in [-0.1, -0.05) is 29.8 Å². The molecule has 0 bridgehead atoms. The summed E-state index contributed by atoms with van der Waals surface area (Å²) in [5.74, 6) is -0.0460. The van der Waals surface area contributed by atoms with Gasteiger partial charge in [-0.2, -0.15) is 0 Å². The molecular weight excluding hydrogens is 368 g/mol. The van der Waals surface area contributed by atoms with Gasteiger partial charge in [-0.15, -0.1) is 0 Å². The summed E-state index contributed by atoms with van der Waals surface area (Å²) in [5, 5.41) is 2.76. The van der Waals surface area contributed by atoms with Crippen molar-refractivity contribution in [2.45, 2.75) is 33.6 Å². The third kappa shape index (κ3) is 6.17. The molecule has 0 saturated heterocycles. The number of rotatable bonds is 9.